The Bertz CT molecular complexity index is 586. The number of aromatic nitrogens is 2. The van der Waals surface area contributed by atoms with Gasteiger partial charge in [0.1, 0.15) is 0 Å². The fraction of sp³-hybridized carbons (Fsp3) is 0.706. The van der Waals surface area contributed by atoms with Crippen molar-refractivity contribution < 1.29 is 14.7 Å². The van der Waals surface area contributed by atoms with Crippen LogP contribution in [0.15, 0.2) is 6.20 Å². The molecule has 0 radical (unpaired) electrons. The van der Waals surface area contributed by atoms with Crippen molar-refractivity contribution in [1.82, 2.24) is 14.7 Å². The Labute approximate surface area is 137 Å². The lowest BCUT2D eigenvalue weighted by Gasteiger charge is -2.23. The third kappa shape index (κ3) is 4.12. The first-order valence-corrected chi connectivity index (χ1v) is 8.26. The molecule has 23 heavy (non-hydrogen) atoms. The van der Waals surface area contributed by atoms with E-state index in [0.717, 1.165) is 25.0 Å². The van der Waals surface area contributed by atoms with E-state index in [4.69, 9.17) is 5.11 Å². The Morgan fingerprint density at radius 1 is 1.30 bits per heavy atom. The van der Waals surface area contributed by atoms with Gasteiger partial charge in [-0.05, 0) is 52.9 Å². The number of hydrogen-bond acceptors (Lipinski definition) is 3. The predicted octanol–water partition coefficient (Wildman–Crippen LogP) is 2.66. The fourth-order valence-electron chi connectivity index (χ4n) is 3.29. The second kappa shape index (κ2) is 6.72. The van der Waals surface area contributed by atoms with E-state index in [-0.39, 0.29) is 23.8 Å². The second-order valence-corrected chi connectivity index (χ2v) is 7.41. The summed E-state index contributed by atoms with van der Waals surface area (Å²) in [6, 6.07) is 0. The van der Waals surface area contributed by atoms with Gasteiger partial charge in [-0.1, -0.05) is 0 Å². The Balaban J connectivity index is 2.09. The van der Waals surface area contributed by atoms with E-state index in [1.54, 1.807) is 6.20 Å². The molecule has 1 N–H and O–H groups in total. The lowest BCUT2D eigenvalue weighted by atomic mass is 9.97. The highest BCUT2D eigenvalue weighted by Crippen LogP contribution is 2.24. The molecular formula is C17H27N3O3. The summed E-state index contributed by atoms with van der Waals surface area (Å²) in [7, 11) is 0. The van der Waals surface area contributed by atoms with Crippen LogP contribution in [0.25, 0.3) is 0 Å². The van der Waals surface area contributed by atoms with Gasteiger partial charge >= 0.3 is 5.97 Å². The standard InChI is InChI=1S/C17H27N3O3/c1-12-14(11-18-20(12)17(2,3)4)16(23)19-8-5-6-13(7-9-19)10-15(21)22/h11,13H,5-10H2,1-4H3,(H,21,22)/t13-/m1/s1. The van der Waals surface area contributed by atoms with Crippen LogP contribution in [0.1, 0.15) is 62.5 Å². The highest BCUT2D eigenvalue weighted by molar-refractivity contribution is 5.95. The number of aliphatic carboxylic acids is 1. The number of likely N-dealkylation sites (tertiary alicyclic amines) is 1. The molecule has 1 aromatic heterocycles. The number of hydrogen-bond donors (Lipinski definition) is 1. The molecule has 2 heterocycles. The molecule has 0 aromatic carbocycles. The van der Waals surface area contributed by atoms with E-state index >= 15 is 0 Å². The van der Waals surface area contributed by atoms with Crippen molar-refractivity contribution in [3.05, 3.63) is 17.5 Å². The van der Waals surface area contributed by atoms with Gasteiger partial charge in [-0.25, -0.2) is 0 Å². The van der Waals surface area contributed by atoms with Crippen molar-refractivity contribution in [2.45, 2.75) is 58.9 Å². The molecule has 1 aliphatic heterocycles. The molecular weight excluding hydrogens is 294 g/mol. The van der Waals surface area contributed by atoms with Crippen molar-refractivity contribution in [1.29, 1.82) is 0 Å². The Morgan fingerprint density at radius 2 is 2.00 bits per heavy atom. The van der Waals surface area contributed by atoms with Crippen LogP contribution in [0.4, 0.5) is 0 Å². The van der Waals surface area contributed by atoms with Gasteiger partial charge in [-0.2, -0.15) is 5.10 Å². The number of nitrogens with zero attached hydrogens (tertiary/aromatic N) is 3. The lowest BCUT2D eigenvalue weighted by Crippen LogP contribution is -2.33. The summed E-state index contributed by atoms with van der Waals surface area (Å²) in [6.07, 6.45) is 4.34. The summed E-state index contributed by atoms with van der Waals surface area (Å²) in [6.45, 7) is 9.42. The van der Waals surface area contributed by atoms with Gasteiger partial charge in [0.25, 0.3) is 5.91 Å². The molecule has 0 bridgehead atoms. The molecule has 0 aliphatic carbocycles. The number of carboxylic acid groups (broad SMARTS) is 1. The maximum Gasteiger partial charge on any atom is 0.303 e. The minimum atomic E-state index is -0.753. The monoisotopic (exact) mass is 321 g/mol. The quantitative estimate of drug-likeness (QED) is 0.928. The van der Waals surface area contributed by atoms with Crippen molar-refractivity contribution in [2.24, 2.45) is 5.92 Å². The topological polar surface area (TPSA) is 75.4 Å². The molecule has 0 spiro atoms. The summed E-state index contributed by atoms with van der Waals surface area (Å²) < 4.78 is 1.88. The minimum absolute atomic E-state index is 0.00831. The van der Waals surface area contributed by atoms with Gasteiger partial charge in [-0.15, -0.1) is 0 Å². The number of carbonyl (C=O) groups is 2. The van der Waals surface area contributed by atoms with Crippen molar-refractivity contribution in [3.8, 4) is 0 Å². The third-order valence-electron chi connectivity index (χ3n) is 4.47. The zero-order valence-electron chi connectivity index (χ0n) is 14.5. The van der Waals surface area contributed by atoms with Crippen molar-refractivity contribution in [2.75, 3.05) is 13.1 Å². The first-order chi connectivity index (χ1) is 10.7. The Hall–Kier alpha value is -1.85. The van der Waals surface area contributed by atoms with E-state index in [1.807, 2.05) is 16.5 Å². The Morgan fingerprint density at radius 3 is 2.57 bits per heavy atom. The molecule has 0 unspecified atom stereocenters. The number of carbonyl (C=O) groups excluding carboxylic acids is 1. The summed E-state index contributed by atoms with van der Waals surface area (Å²) >= 11 is 0. The molecule has 1 amide bonds. The van der Waals surface area contributed by atoms with E-state index in [1.165, 1.54) is 0 Å². The van der Waals surface area contributed by atoms with Gasteiger partial charge in [0, 0.05) is 25.2 Å². The average molecular weight is 321 g/mol. The van der Waals surface area contributed by atoms with Gasteiger partial charge in [0.2, 0.25) is 0 Å². The number of carboxylic acids is 1. The molecule has 128 valence electrons. The van der Waals surface area contributed by atoms with Crippen LogP contribution < -0.4 is 0 Å². The molecule has 1 atom stereocenters. The number of rotatable bonds is 3. The van der Waals surface area contributed by atoms with Crippen LogP contribution in [-0.4, -0.2) is 44.8 Å². The van der Waals surface area contributed by atoms with E-state index in [9.17, 15) is 9.59 Å². The molecule has 2 rings (SSSR count). The molecule has 1 saturated heterocycles. The molecule has 6 nitrogen and oxygen atoms in total. The van der Waals surface area contributed by atoms with Crippen LogP contribution in [0.3, 0.4) is 0 Å². The smallest absolute Gasteiger partial charge is 0.303 e. The minimum Gasteiger partial charge on any atom is -0.481 e. The molecule has 1 fully saturated rings. The zero-order chi connectivity index (χ0) is 17.2. The largest absolute Gasteiger partial charge is 0.481 e. The second-order valence-electron chi connectivity index (χ2n) is 7.41. The summed E-state index contributed by atoms with van der Waals surface area (Å²) in [5.74, 6) is -0.574. The highest BCUT2D eigenvalue weighted by Gasteiger charge is 2.27. The van der Waals surface area contributed by atoms with E-state index in [2.05, 4.69) is 25.9 Å². The summed E-state index contributed by atoms with van der Waals surface area (Å²) in [5, 5.41) is 13.3. The van der Waals surface area contributed by atoms with Crippen molar-refractivity contribution >= 4 is 11.9 Å². The van der Waals surface area contributed by atoms with Gasteiger partial charge in [0.05, 0.1) is 17.3 Å². The fourth-order valence-corrected chi connectivity index (χ4v) is 3.29. The molecule has 6 heteroatoms. The van der Waals surface area contributed by atoms with Crippen LogP contribution in [0.5, 0.6) is 0 Å². The molecule has 0 saturated carbocycles. The highest BCUT2D eigenvalue weighted by atomic mass is 16.4. The number of amides is 1. The van der Waals surface area contributed by atoms with E-state index < -0.39 is 5.97 Å². The summed E-state index contributed by atoms with van der Waals surface area (Å²) in [4.78, 5) is 25.5. The van der Waals surface area contributed by atoms with E-state index in [0.29, 0.717) is 18.7 Å². The molecule has 1 aliphatic rings. The van der Waals surface area contributed by atoms with Gasteiger partial charge in [-0.3, -0.25) is 14.3 Å². The molecule has 1 aromatic rings. The first-order valence-electron chi connectivity index (χ1n) is 8.26. The SMILES string of the molecule is Cc1c(C(=O)N2CCC[C@@H](CC(=O)O)CC2)cnn1C(C)(C)C. The van der Waals surface area contributed by atoms with Gasteiger partial charge < -0.3 is 10.0 Å². The average Bonchev–Trinajstić information content (AvgIpc) is 2.67. The normalized spacial score (nSPS) is 19.5. The van der Waals surface area contributed by atoms with Crippen LogP contribution in [-0.2, 0) is 10.3 Å². The lowest BCUT2D eigenvalue weighted by molar-refractivity contribution is -0.138. The van der Waals surface area contributed by atoms with Crippen LogP contribution in [0, 0.1) is 12.8 Å². The first kappa shape index (κ1) is 17.5. The third-order valence-corrected chi connectivity index (χ3v) is 4.47. The maximum atomic E-state index is 12.8. The Kier molecular flexibility index (Phi) is 5.12. The van der Waals surface area contributed by atoms with Crippen LogP contribution in [0.2, 0.25) is 0 Å². The summed E-state index contributed by atoms with van der Waals surface area (Å²) in [5.41, 5.74) is 1.37. The van der Waals surface area contributed by atoms with Crippen LogP contribution >= 0.6 is 0 Å². The zero-order valence-corrected chi connectivity index (χ0v) is 14.5. The van der Waals surface area contributed by atoms with Crippen molar-refractivity contribution in [3.63, 3.8) is 0 Å². The predicted molar refractivity (Wildman–Crippen MR) is 87.5 cm³/mol. The van der Waals surface area contributed by atoms with Gasteiger partial charge in [0.15, 0.2) is 0 Å². The maximum absolute atomic E-state index is 12.8.